The molecule has 0 saturated carbocycles. The minimum Gasteiger partial charge on any atom is -0.468 e. The Bertz CT molecular complexity index is 184. The fourth-order valence-corrected chi connectivity index (χ4v) is 0.970. The maximum Gasteiger partial charge on any atom is 0.325 e. The molecule has 4 nitrogen and oxygen atoms in total. The van der Waals surface area contributed by atoms with Crippen LogP contribution < -0.4 is 0 Å². The Morgan fingerprint density at radius 3 is 2.31 bits per heavy atom. The topological polar surface area (TPSA) is 46.6 Å². The number of esters is 1. The Labute approximate surface area is 78.9 Å². The molecule has 0 aromatic heterocycles. The summed E-state index contributed by atoms with van der Waals surface area (Å²) < 4.78 is 4.46. The van der Waals surface area contributed by atoms with Crippen molar-refractivity contribution in [2.45, 2.75) is 20.8 Å². The van der Waals surface area contributed by atoms with Crippen LogP contribution in [0.4, 0.5) is 0 Å². The maximum atomic E-state index is 10.8. The molecule has 0 aliphatic rings. The molecule has 0 aromatic rings. The van der Waals surface area contributed by atoms with Crippen LogP contribution in [0, 0.1) is 5.41 Å². The SMILES string of the molecule is COC(=O)CN(C=O)CC(C)(C)C. The van der Waals surface area contributed by atoms with Gasteiger partial charge in [-0.2, -0.15) is 0 Å². The average Bonchev–Trinajstić information content (AvgIpc) is 2.00. The van der Waals surface area contributed by atoms with Crippen molar-refractivity contribution in [3.63, 3.8) is 0 Å². The van der Waals surface area contributed by atoms with Gasteiger partial charge in [-0.05, 0) is 5.41 Å². The predicted molar refractivity (Wildman–Crippen MR) is 49.1 cm³/mol. The standard InChI is InChI=1S/C9H17NO3/c1-9(2,3)6-10(7-11)5-8(12)13-4/h7H,5-6H2,1-4H3. The van der Waals surface area contributed by atoms with Crippen LogP contribution in [0.5, 0.6) is 0 Å². The first kappa shape index (κ1) is 11.9. The molecule has 0 fully saturated rings. The van der Waals surface area contributed by atoms with Crippen molar-refractivity contribution in [3.8, 4) is 0 Å². The van der Waals surface area contributed by atoms with Gasteiger partial charge in [0, 0.05) is 6.54 Å². The van der Waals surface area contributed by atoms with Gasteiger partial charge in [-0.25, -0.2) is 0 Å². The van der Waals surface area contributed by atoms with E-state index < -0.39 is 5.97 Å². The molecule has 0 heterocycles. The van der Waals surface area contributed by atoms with Crippen LogP contribution in [0.3, 0.4) is 0 Å². The van der Waals surface area contributed by atoms with Crippen LogP contribution >= 0.6 is 0 Å². The molecule has 0 bridgehead atoms. The zero-order chi connectivity index (χ0) is 10.5. The smallest absolute Gasteiger partial charge is 0.325 e. The number of ether oxygens (including phenoxy) is 1. The summed E-state index contributed by atoms with van der Waals surface area (Å²) in [7, 11) is 1.31. The normalized spacial score (nSPS) is 10.8. The van der Waals surface area contributed by atoms with E-state index in [-0.39, 0.29) is 12.0 Å². The highest BCUT2D eigenvalue weighted by atomic mass is 16.5. The number of hydrogen-bond acceptors (Lipinski definition) is 3. The van der Waals surface area contributed by atoms with Crippen molar-refractivity contribution in [1.29, 1.82) is 0 Å². The monoisotopic (exact) mass is 187 g/mol. The summed E-state index contributed by atoms with van der Waals surface area (Å²) in [5.74, 6) is -0.392. The summed E-state index contributed by atoms with van der Waals surface area (Å²) >= 11 is 0. The molecule has 13 heavy (non-hydrogen) atoms. The van der Waals surface area contributed by atoms with Crippen LogP contribution in [0.1, 0.15) is 20.8 Å². The van der Waals surface area contributed by atoms with Crippen molar-refractivity contribution < 1.29 is 14.3 Å². The van der Waals surface area contributed by atoms with Crippen LogP contribution in [-0.4, -0.2) is 37.5 Å². The third-order valence-corrected chi connectivity index (χ3v) is 1.39. The second kappa shape index (κ2) is 4.84. The average molecular weight is 187 g/mol. The maximum absolute atomic E-state index is 10.8. The Kier molecular flexibility index (Phi) is 4.45. The summed E-state index contributed by atoms with van der Waals surface area (Å²) in [6, 6.07) is 0. The Hall–Kier alpha value is -1.06. The van der Waals surface area contributed by atoms with Crippen molar-refractivity contribution in [2.75, 3.05) is 20.2 Å². The van der Waals surface area contributed by atoms with Crippen LogP contribution in [0.2, 0.25) is 0 Å². The second-order valence-corrected chi connectivity index (χ2v) is 4.15. The lowest BCUT2D eigenvalue weighted by atomic mass is 9.96. The largest absolute Gasteiger partial charge is 0.468 e. The predicted octanol–water partition coefficient (Wildman–Crippen LogP) is 0.664. The fraction of sp³-hybridized carbons (Fsp3) is 0.778. The van der Waals surface area contributed by atoms with Crippen LogP contribution in [0.25, 0.3) is 0 Å². The number of carbonyl (C=O) groups is 2. The minimum absolute atomic E-state index is 0.00503. The molecule has 0 aliphatic heterocycles. The molecule has 0 N–H and O–H groups in total. The molecule has 0 saturated heterocycles. The van der Waals surface area contributed by atoms with Gasteiger partial charge in [0.25, 0.3) is 0 Å². The van der Waals surface area contributed by atoms with Gasteiger partial charge in [0.15, 0.2) is 0 Å². The molecule has 0 aliphatic carbocycles. The van der Waals surface area contributed by atoms with E-state index in [0.717, 1.165) is 0 Å². The number of methoxy groups -OCH3 is 1. The van der Waals surface area contributed by atoms with E-state index in [0.29, 0.717) is 13.0 Å². The number of hydrogen-bond donors (Lipinski definition) is 0. The summed E-state index contributed by atoms with van der Waals surface area (Å²) in [5, 5.41) is 0. The molecular weight excluding hydrogens is 170 g/mol. The number of nitrogens with zero attached hydrogens (tertiary/aromatic N) is 1. The first-order chi connectivity index (χ1) is 5.89. The first-order valence-corrected chi connectivity index (χ1v) is 4.15. The zero-order valence-corrected chi connectivity index (χ0v) is 8.66. The number of amides is 1. The quantitative estimate of drug-likeness (QED) is 0.480. The molecule has 0 rings (SSSR count). The van der Waals surface area contributed by atoms with Gasteiger partial charge in [0.1, 0.15) is 6.54 Å². The van der Waals surface area contributed by atoms with E-state index in [2.05, 4.69) is 4.74 Å². The van der Waals surface area contributed by atoms with Crippen molar-refractivity contribution >= 4 is 12.4 Å². The zero-order valence-electron chi connectivity index (χ0n) is 8.66. The van der Waals surface area contributed by atoms with E-state index in [1.165, 1.54) is 12.0 Å². The third kappa shape index (κ3) is 6.13. The first-order valence-electron chi connectivity index (χ1n) is 4.15. The van der Waals surface area contributed by atoms with Gasteiger partial charge in [-0.3, -0.25) is 9.59 Å². The molecule has 0 unspecified atom stereocenters. The van der Waals surface area contributed by atoms with Crippen LogP contribution in [-0.2, 0) is 14.3 Å². The summed E-state index contributed by atoms with van der Waals surface area (Å²) in [6.45, 7) is 6.57. The Balaban J connectivity index is 4.04. The van der Waals surface area contributed by atoms with E-state index in [1.54, 1.807) is 0 Å². The number of carbonyl (C=O) groups excluding carboxylic acids is 2. The van der Waals surface area contributed by atoms with E-state index in [1.807, 2.05) is 20.8 Å². The van der Waals surface area contributed by atoms with E-state index in [4.69, 9.17) is 0 Å². The Morgan fingerprint density at radius 2 is 2.00 bits per heavy atom. The van der Waals surface area contributed by atoms with E-state index >= 15 is 0 Å². The molecule has 1 amide bonds. The van der Waals surface area contributed by atoms with Gasteiger partial charge in [-0.15, -0.1) is 0 Å². The molecule has 0 spiro atoms. The van der Waals surface area contributed by atoms with E-state index in [9.17, 15) is 9.59 Å². The highest BCUT2D eigenvalue weighted by molar-refractivity contribution is 5.73. The summed E-state index contributed by atoms with van der Waals surface area (Å²) in [6.07, 6.45) is 0.669. The van der Waals surface area contributed by atoms with Crippen LogP contribution in [0.15, 0.2) is 0 Å². The lowest BCUT2D eigenvalue weighted by Crippen LogP contribution is -2.36. The molecule has 4 heteroatoms. The third-order valence-electron chi connectivity index (χ3n) is 1.39. The highest BCUT2D eigenvalue weighted by Gasteiger charge is 2.17. The lowest BCUT2D eigenvalue weighted by molar-refractivity contribution is -0.144. The number of rotatable bonds is 4. The summed E-state index contributed by atoms with van der Waals surface area (Å²) in [4.78, 5) is 22.8. The molecule has 0 aromatic carbocycles. The molecule has 0 atom stereocenters. The van der Waals surface area contributed by atoms with Gasteiger partial charge in [0.2, 0.25) is 6.41 Å². The van der Waals surface area contributed by atoms with Gasteiger partial charge >= 0.3 is 5.97 Å². The molecule has 0 radical (unpaired) electrons. The lowest BCUT2D eigenvalue weighted by Gasteiger charge is -2.25. The highest BCUT2D eigenvalue weighted by Crippen LogP contribution is 2.13. The van der Waals surface area contributed by atoms with Crippen molar-refractivity contribution in [1.82, 2.24) is 4.90 Å². The molecule has 76 valence electrons. The van der Waals surface area contributed by atoms with Crippen molar-refractivity contribution in [3.05, 3.63) is 0 Å². The molecular formula is C9H17NO3. The fourth-order valence-electron chi connectivity index (χ4n) is 0.970. The Morgan fingerprint density at radius 1 is 1.46 bits per heavy atom. The second-order valence-electron chi connectivity index (χ2n) is 4.15. The van der Waals surface area contributed by atoms with Crippen molar-refractivity contribution in [2.24, 2.45) is 5.41 Å². The van der Waals surface area contributed by atoms with Gasteiger partial charge in [-0.1, -0.05) is 20.8 Å². The van der Waals surface area contributed by atoms with Gasteiger partial charge in [0.05, 0.1) is 7.11 Å². The summed E-state index contributed by atoms with van der Waals surface area (Å²) in [5.41, 5.74) is -0.00503. The van der Waals surface area contributed by atoms with Gasteiger partial charge < -0.3 is 9.64 Å². The minimum atomic E-state index is -0.392.